The van der Waals surface area contributed by atoms with Crippen LogP contribution in [0.3, 0.4) is 0 Å². The van der Waals surface area contributed by atoms with Gasteiger partial charge in [-0.25, -0.2) is 9.07 Å². The van der Waals surface area contributed by atoms with Gasteiger partial charge in [-0.2, -0.15) is 5.10 Å². The van der Waals surface area contributed by atoms with Crippen molar-refractivity contribution in [1.82, 2.24) is 9.78 Å². The summed E-state index contributed by atoms with van der Waals surface area (Å²) >= 11 is 0. The van der Waals surface area contributed by atoms with Crippen LogP contribution in [0.15, 0.2) is 24.3 Å². The number of hydrogen-bond donors (Lipinski definition) is 0. The van der Waals surface area contributed by atoms with Gasteiger partial charge in [-0.15, -0.1) is 0 Å². The first kappa shape index (κ1) is 16.7. The van der Waals surface area contributed by atoms with Gasteiger partial charge in [0.1, 0.15) is 5.82 Å². The lowest BCUT2D eigenvalue weighted by Crippen LogP contribution is -2.02. The van der Waals surface area contributed by atoms with Gasteiger partial charge in [0.05, 0.1) is 18.5 Å². The largest absolute Gasteiger partial charge is 0.469 e. The number of fused-ring (bicyclic) bond motifs is 1. The summed E-state index contributed by atoms with van der Waals surface area (Å²) in [5, 5.41) is 4.78. The predicted octanol–water partition coefficient (Wildman–Crippen LogP) is 3.78. The Labute approximate surface area is 141 Å². The monoisotopic (exact) mass is 330 g/mol. The third-order valence-corrected chi connectivity index (χ3v) is 4.61. The van der Waals surface area contributed by atoms with Gasteiger partial charge in [0.2, 0.25) is 0 Å². The number of carbonyl (C=O) groups is 1. The van der Waals surface area contributed by atoms with E-state index in [9.17, 15) is 9.18 Å². The van der Waals surface area contributed by atoms with Crippen molar-refractivity contribution in [2.45, 2.75) is 51.4 Å². The number of unbranched alkanes of at least 4 members (excludes halogenated alkanes) is 2. The van der Waals surface area contributed by atoms with Crippen LogP contribution in [0.25, 0.3) is 5.69 Å². The number of methoxy groups -OCH3 is 1. The fraction of sp³-hybridized carbons (Fsp3) is 0.474. The molecule has 0 radical (unpaired) electrons. The number of nitrogens with zero attached hydrogens (tertiary/aromatic N) is 2. The van der Waals surface area contributed by atoms with Crippen LogP contribution in [0.4, 0.5) is 4.39 Å². The standard InChI is InChI=1S/C19H23FN2O2/c1-24-19(23)9-4-2-3-7-17-16-6-5-8-18(16)22(21-17)15-12-10-14(20)11-13-15/h10-13H,2-9H2,1H3. The Morgan fingerprint density at radius 1 is 1.21 bits per heavy atom. The molecular weight excluding hydrogens is 307 g/mol. The molecular formula is C19H23FN2O2. The first-order valence-corrected chi connectivity index (χ1v) is 8.61. The van der Waals surface area contributed by atoms with Crippen molar-refractivity contribution in [1.29, 1.82) is 0 Å². The molecule has 0 amide bonds. The molecule has 1 aliphatic carbocycles. The lowest BCUT2D eigenvalue weighted by Gasteiger charge is -2.05. The number of esters is 1. The molecule has 5 heteroatoms. The Balaban J connectivity index is 1.65. The third kappa shape index (κ3) is 3.66. The molecule has 128 valence electrons. The van der Waals surface area contributed by atoms with E-state index in [1.165, 1.54) is 30.5 Å². The van der Waals surface area contributed by atoms with E-state index in [2.05, 4.69) is 4.74 Å². The molecule has 24 heavy (non-hydrogen) atoms. The van der Waals surface area contributed by atoms with E-state index in [4.69, 9.17) is 5.10 Å². The zero-order valence-corrected chi connectivity index (χ0v) is 14.1. The maximum Gasteiger partial charge on any atom is 0.305 e. The number of benzene rings is 1. The second-order valence-electron chi connectivity index (χ2n) is 6.25. The highest BCUT2D eigenvalue weighted by Crippen LogP contribution is 2.28. The summed E-state index contributed by atoms with van der Waals surface area (Å²) in [6, 6.07) is 6.51. The molecule has 0 N–H and O–H groups in total. The third-order valence-electron chi connectivity index (χ3n) is 4.61. The summed E-state index contributed by atoms with van der Waals surface area (Å²) in [4.78, 5) is 11.1. The number of aryl methyl sites for hydroxylation is 1. The summed E-state index contributed by atoms with van der Waals surface area (Å²) in [6.45, 7) is 0. The first-order chi connectivity index (χ1) is 11.7. The minimum Gasteiger partial charge on any atom is -0.469 e. The minimum atomic E-state index is -0.228. The lowest BCUT2D eigenvalue weighted by molar-refractivity contribution is -0.140. The molecule has 0 fully saturated rings. The molecule has 0 saturated heterocycles. The number of ether oxygens (including phenoxy) is 1. The SMILES string of the molecule is COC(=O)CCCCCc1nn(-c2ccc(F)cc2)c2c1CCC2. The lowest BCUT2D eigenvalue weighted by atomic mass is 10.1. The fourth-order valence-electron chi connectivity index (χ4n) is 3.35. The van der Waals surface area contributed by atoms with Gasteiger partial charge in [-0.05, 0) is 68.4 Å². The minimum absolute atomic E-state index is 0.142. The topological polar surface area (TPSA) is 44.1 Å². The number of hydrogen-bond acceptors (Lipinski definition) is 3. The predicted molar refractivity (Wildman–Crippen MR) is 89.7 cm³/mol. The van der Waals surface area contributed by atoms with Crippen LogP contribution in [-0.2, 0) is 28.8 Å². The van der Waals surface area contributed by atoms with Crippen molar-refractivity contribution in [2.75, 3.05) is 7.11 Å². The van der Waals surface area contributed by atoms with E-state index in [0.29, 0.717) is 6.42 Å². The molecule has 0 bridgehead atoms. The van der Waals surface area contributed by atoms with E-state index in [1.54, 1.807) is 12.1 Å². The zero-order chi connectivity index (χ0) is 16.9. The smallest absolute Gasteiger partial charge is 0.305 e. The molecule has 0 atom stereocenters. The normalized spacial score (nSPS) is 13.1. The molecule has 4 nitrogen and oxygen atoms in total. The van der Waals surface area contributed by atoms with Gasteiger partial charge in [-0.3, -0.25) is 4.79 Å². The van der Waals surface area contributed by atoms with Crippen LogP contribution < -0.4 is 0 Å². The van der Waals surface area contributed by atoms with Crippen molar-refractivity contribution in [3.8, 4) is 5.69 Å². The number of halogens is 1. The van der Waals surface area contributed by atoms with Gasteiger partial charge in [0.25, 0.3) is 0 Å². The molecule has 1 aromatic carbocycles. The maximum absolute atomic E-state index is 13.1. The molecule has 1 aromatic heterocycles. The highest BCUT2D eigenvalue weighted by molar-refractivity contribution is 5.68. The van der Waals surface area contributed by atoms with E-state index in [-0.39, 0.29) is 11.8 Å². The molecule has 0 aliphatic heterocycles. The number of aromatic nitrogens is 2. The second-order valence-corrected chi connectivity index (χ2v) is 6.25. The van der Waals surface area contributed by atoms with Crippen LogP contribution in [0, 0.1) is 5.82 Å². The van der Waals surface area contributed by atoms with Crippen molar-refractivity contribution >= 4 is 5.97 Å². The Morgan fingerprint density at radius 2 is 2.00 bits per heavy atom. The molecule has 3 rings (SSSR count). The Hall–Kier alpha value is -2.17. The molecule has 0 saturated carbocycles. The van der Waals surface area contributed by atoms with E-state index in [0.717, 1.165) is 56.3 Å². The zero-order valence-electron chi connectivity index (χ0n) is 14.1. The van der Waals surface area contributed by atoms with Gasteiger partial charge in [0.15, 0.2) is 0 Å². The number of rotatable bonds is 7. The summed E-state index contributed by atoms with van der Waals surface area (Å²) in [5.74, 6) is -0.370. The molecule has 0 unspecified atom stereocenters. The Morgan fingerprint density at radius 3 is 2.75 bits per heavy atom. The van der Waals surface area contributed by atoms with Crippen molar-refractivity contribution in [3.05, 3.63) is 47.0 Å². The van der Waals surface area contributed by atoms with E-state index < -0.39 is 0 Å². The highest BCUT2D eigenvalue weighted by Gasteiger charge is 2.22. The Kier molecular flexibility index (Phi) is 5.28. The quantitative estimate of drug-likeness (QED) is 0.573. The molecule has 1 heterocycles. The van der Waals surface area contributed by atoms with Gasteiger partial charge >= 0.3 is 5.97 Å². The molecule has 2 aromatic rings. The van der Waals surface area contributed by atoms with Gasteiger partial charge < -0.3 is 4.74 Å². The van der Waals surface area contributed by atoms with Gasteiger partial charge in [0, 0.05) is 12.1 Å². The number of carbonyl (C=O) groups excluding carboxylic acids is 1. The summed E-state index contributed by atoms with van der Waals surface area (Å²) in [5.41, 5.74) is 4.72. The average Bonchev–Trinajstić information content (AvgIpc) is 3.18. The molecule has 1 aliphatic rings. The van der Waals surface area contributed by atoms with Crippen LogP contribution in [-0.4, -0.2) is 22.9 Å². The Bertz CT molecular complexity index is 707. The molecule has 0 spiro atoms. The fourth-order valence-corrected chi connectivity index (χ4v) is 3.35. The first-order valence-electron chi connectivity index (χ1n) is 8.61. The van der Waals surface area contributed by atoms with Crippen molar-refractivity contribution in [3.63, 3.8) is 0 Å². The summed E-state index contributed by atoms with van der Waals surface area (Å²) < 4.78 is 19.8. The summed E-state index contributed by atoms with van der Waals surface area (Å²) in [6.07, 6.45) is 7.54. The van der Waals surface area contributed by atoms with Gasteiger partial charge in [-0.1, -0.05) is 6.42 Å². The van der Waals surface area contributed by atoms with Crippen LogP contribution in [0.1, 0.15) is 49.1 Å². The van der Waals surface area contributed by atoms with E-state index in [1.807, 2.05) is 4.68 Å². The highest BCUT2D eigenvalue weighted by atomic mass is 19.1. The average molecular weight is 330 g/mol. The van der Waals surface area contributed by atoms with Crippen LogP contribution in [0.2, 0.25) is 0 Å². The van der Waals surface area contributed by atoms with Crippen LogP contribution in [0.5, 0.6) is 0 Å². The van der Waals surface area contributed by atoms with Crippen molar-refractivity contribution in [2.24, 2.45) is 0 Å². The maximum atomic E-state index is 13.1. The van der Waals surface area contributed by atoms with E-state index >= 15 is 0 Å². The second kappa shape index (κ2) is 7.60. The summed E-state index contributed by atoms with van der Waals surface area (Å²) in [7, 11) is 1.42. The van der Waals surface area contributed by atoms with Crippen molar-refractivity contribution < 1.29 is 13.9 Å². The van der Waals surface area contributed by atoms with Crippen LogP contribution >= 0.6 is 0 Å².